The van der Waals surface area contributed by atoms with E-state index in [2.05, 4.69) is 11.4 Å². The number of ether oxygens (including phenoxy) is 3. The van der Waals surface area contributed by atoms with Crippen LogP contribution >= 0.6 is 11.3 Å². The standard InChI is InChI=1S/C28H32N2O5S/c1-5-14-30-25(18-16-22(33-2)26(35-4)23(17-18)34-3)24(20-10-6-7-11-21(20)28(30)32)27(31)29-13-12-19-9-8-15-36-19/h6-11,15-17,24-25H,5,12-14H2,1-4H3,(H,29,31). The van der Waals surface area contributed by atoms with Gasteiger partial charge in [-0.05, 0) is 53.6 Å². The molecule has 0 aliphatic carbocycles. The molecule has 3 aromatic rings. The average molecular weight is 509 g/mol. The quantitative estimate of drug-likeness (QED) is 0.425. The minimum atomic E-state index is -0.600. The molecule has 36 heavy (non-hydrogen) atoms. The molecule has 0 bridgehead atoms. The second-order valence-electron chi connectivity index (χ2n) is 8.59. The Bertz CT molecular complexity index is 1190. The van der Waals surface area contributed by atoms with Crippen LogP contribution < -0.4 is 19.5 Å². The summed E-state index contributed by atoms with van der Waals surface area (Å²) in [5.74, 6) is 0.611. The monoisotopic (exact) mass is 508 g/mol. The Hall–Kier alpha value is -3.52. The van der Waals surface area contributed by atoms with Crippen molar-refractivity contribution in [3.63, 3.8) is 0 Å². The van der Waals surface area contributed by atoms with Crippen LogP contribution in [0.15, 0.2) is 53.9 Å². The van der Waals surface area contributed by atoms with Gasteiger partial charge in [0.15, 0.2) is 11.5 Å². The minimum Gasteiger partial charge on any atom is -0.493 e. The minimum absolute atomic E-state index is 0.0890. The molecule has 2 heterocycles. The lowest BCUT2D eigenvalue weighted by atomic mass is 9.79. The van der Waals surface area contributed by atoms with Crippen LogP contribution in [0, 0.1) is 0 Å². The fourth-order valence-electron chi connectivity index (χ4n) is 4.88. The summed E-state index contributed by atoms with van der Waals surface area (Å²) in [4.78, 5) is 30.5. The molecule has 190 valence electrons. The van der Waals surface area contributed by atoms with Gasteiger partial charge in [0.1, 0.15) is 0 Å². The van der Waals surface area contributed by atoms with Crippen LogP contribution in [0.3, 0.4) is 0 Å². The Morgan fingerprint density at radius 2 is 1.75 bits per heavy atom. The SMILES string of the molecule is CCCN1C(=O)c2ccccc2C(C(=O)NCCc2cccs2)C1c1cc(OC)c(OC)c(OC)c1. The molecule has 1 aromatic heterocycles. The molecule has 2 atom stereocenters. The van der Waals surface area contributed by atoms with E-state index in [4.69, 9.17) is 14.2 Å². The number of carbonyl (C=O) groups is 2. The molecule has 0 radical (unpaired) electrons. The molecule has 1 aliphatic rings. The highest BCUT2D eigenvalue weighted by molar-refractivity contribution is 7.09. The first-order valence-corrected chi connectivity index (χ1v) is 12.9. The Morgan fingerprint density at radius 1 is 1.03 bits per heavy atom. The molecule has 1 aliphatic heterocycles. The van der Waals surface area contributed by atoms with Crippen LogP contribution in [0.25, 0.3) is 0 Å². The van der Waals surface area contributed by atoms with Crippen molar-refractivity contribution >= 4 is 23.2 Å². The van der Waals surface area contributed by atoms with Gasteiger partial charge in [0.05, 0.1) is 33.3 Å². The third-order valence-electron chi connectivity index (χ3n) is 6.46. The summed E-state index contributed by atoms with van der Waals surface area (Å²) in [5, 5.41) is 5.16. The lowest BCUT2D eigenvalue weighted by Gasteiger charge is -2.42. The van der Waals surface area contributed by atoms with Gasteiger partial charge in [0.25, 0.3) is 5.91 Å². The maximum atomic E-state index is 13.8. The van der Waals surface area contributed by atoms with Crippen molar-refractivity contribution in [1.82, 2.24) is 10.2 Å². The summed E-state index contributed by atoms with van der Waals surface area (Å²) in [6, 6.07) is 14.6. The van der Waals surface area contributed by atoms with Gasteiger partial charge in [-0.1, -0.05) is 31.2 Å². The summed E-state index contributed by atoms with van der Waals surface area (Å²) in [6.07, 6.45) is 1.51. The number of thiophene rings is 1. The number of hydrogen-bond donors (Lipinski definition) is 1. The van der Waals surface area contributed by atoms with Crippen LogP contribution in [0.2, 0.25) is 0 Å². The Balaban J connectivity index is 1.80. The van der Waals surface area contributed by atoms with Gasteiger partial charge in [-0.25, -0.2) is 0 Å². The van der Waals surface area contributed by atoms with E-state index in [1.54, 1.807) is 43.6 Å². The summed E-state index contributed by atoms with van der Waals surface area (Å²) >= 11 is 1.67. The van der Waals surface area contributed by atoms with E-state index in [1.165, 1.54) is 4.88 Å². The Kier molecular flexibility index (Phi) is 8.15. The number of amides is 2. The van der Waals surface area contributed by atoms with Gasteiger partial charge in [-0.2, -0.15) is 0 Å². The fraction of sp³-hybridized carbons (Fsp3) is 0.357. The van der Waals surface area contributed by atoms with Crippen molar-refractivity contribution in [3.8, 4) is 17.2 Å². The number of benzene rings is 2. The van der Waals surface area contributed by atoms with Crippen LogP contribution in [-0.2, 0) is 11.2 Å². The Labute approximate surface area is 216 Å². The van der Waals surface area contributed by atoms with Crippen LogP contribution in [0.4, 0.5) is 0 Å². The topological polar surface area (TPSA) is 77.1 Å². The van der Waals surface area contributed by atoms with Crippen LogP contribution in [0.5, 0.6) is 17.2 Å². The molecule has 2 aromatic carbocycles. The smallest absolute Gasteiger partial charge is 0.254 e. The van der Waals surface area contributed by atoms with E-state index >= 15 is 0 Å². The number of nitrogens with zero attached hydrogens (tertiary/aromatic N) is 1. The molecule has 0 spiro atoms. The number of nitrogens with one attached hydrogen (secondary N) is 1. The van der Waals surface area contributed by atoms with Crippen molar-refractivity contribution < 1.29 is 23.8 Å². The summed E-state index contributed by atoms with van der Waals surface area (Å²) in [7, 11) is 4.66. The van der Waals surface area contributed by atoms with Gasteiger partial charge in [-0.3, -0.25) is 9.59 Å². The summed E-state index contributed by atoms with van der Waals surface area (Å²) < 4.78 is 16.7. The van der Waals surface area contributed by atoms with E-state index < -0.39 is 12.0 Å². The predicted molar refractivity (Wildman–Crippen MR) is 140 cm³/mol. The molecular formula is C28H32N2O5S. The van der Waals surface area contributed by atoms with Gasteiger partial charge in [0.2, 0.25) is 11.7 Å². The van der Waals surface area contributed by atoms with Crippen molar-refractivity contribution in [1.29, 1.82) is 0 Å². The highest BCUT2D eigenvalue weighted by atomic mass is 32.1. The van der Waals surface area contributed by atoms with Crippen molar-refractivity contribution in [2.24, 2.45) is 0 Å². The predicted octanol–water partition coefficient (Wildman–Crippen LogP) is 4.82. The summed E-state index contributed by atoms with van der Waals surface area (Å²) in [6.45, 7) is 3.05. The molecule has 2 unspecified atom stereocenters. The first kappa shape index (κ1) is 25.6. The molecule has 1 N–H and O–H groups in total. The summed E-state index contributed by atoms with van der Waals surface area (Å²) in [5.41, 5.74) is 2.04. The zero-order valence-corrected chi connectivity index (χ0v) is 21.9. The van der Waals surface area contributed by atoms with E-state index in [-0.39, 0.29) is 11.8 Å². The average Bonchev–Trinajstić information content (AvgIpc) is 3.42. The normalized spacial score (nSPS) is 16.9. The van der Waals surface area contributed by atoms with E-state index in [0.717, 1.165) is 24.0 Å². The highest BCUT2D eigenvalue weighted by Crippen LogP contribution is 2.47. The first-order chi connectivity index (χ1) is 17.5. The third-order valence-corrected chi connectivity index (χ3v) is 7.40. The largest absolute Gasteiger partial charge is 0.493 e. The zero-order chi connectivity index (χ0) is 25.7. The molecule has 0 saturated heterocycles. The molecule has 0 saturated carbocycles. The second-order valence-corrected chi connectivity index (χ2v) is 9.62. The zero-order valence-electron chi connectivity index (χ0n) is 21.1. The number of rotatable bonds is 10. The second kappa shape index (κ2) is 11.5. The molecule has 2 amide bonds. The lowest BCUT2D eigenvalue weighted by molar-refractivity contribution is -0.124. The van der Waals surface area contributed by atoms with Crippen LogP contribution in [-0.4, -0.2) is 51.1 Å². The van der Waals surface area contributed by atoms with E-state index in [0.29, 0.717) is 35.9 Å². The number of hydrogen-bond acceptors (Lipinski definition) is 6. The van der Waals surface area contributed by atoms with Crippen molar-refractivity contribution in [3.05, 3.63) is 75.5 Å². The van der Waals surface area contributed by atoms with Gasteiger partial charge in [0, 0.05) is 23.5 Å². The lowest BCUT2D eigenvalue weighted by Crippen LogP contribution is -2.47. The molecule has 7 nitrogen and oxygen atoms in total. The Morgan fingerprint density at radius 3 is 2.36 bits per heavy atom. The highest BCUT2D eigenvalue weighted by Gasteiger charge is 2.44. The van der Waals surface area contributed by atoms with Crippen molar-refractivity contribution in [2.45, 2.75) is 31.7 Å². The van der Waals surface area contributed by atoms with Gasteiger partial charge < -0.3 is 24.4 Å². The number of fused-ring (bicyclic) bond motifs is 1. The van der Waals surface area contributed by atoms with Gasteiger partial charge >= 0.3 is 0 Å². The fourth-order valence-corrected chi connectivity index (χ4v) is 5.59. The van der Waals surface area contributed by atoms with E-state index in [1.807, 2.05) is 48.7 Å². The third kappa shape index (κ3) is 4.91. The molecule has 8 heteroatoms. The number of methoxy groups -OCH3 is 3. The first-order valence-electron chi connectivity index (χ1n) is 12.0. The maximum Gasteiger partial charge on any atom is 0.254 e. The van der Waals surface area contributed by atoms with Crippen molar-refractivity contribution in [2.75, 3.05) is 34.4 Å². The maximum absolute atomic E-state index is 13.8. The molecule has 0 fully saturated rings. The van der Waals surface area contributed by atoms with E-state index in [9.17, 15) is 9.59 Å². The van der Waals surface area contributed by atoms with Gasteiger partial charge in [-0.15, -0.1) is 11.3 Å². The molecule has 4 rings (SSSR count). The molecular weight excluding hydrogens is 476 g/mol. The number of carbonyl (C=O) groups excluding carboxylic acids is 2. The van der Waals surface area contributed by atoms with Crippen LogP contribution in [0.1, 0.15) is 51.7 Å².